The number of benzene rings is 6. The fourth-order valence-corrected chi connectivity index (χ4v) is 13.8. The van der Waals surface area contributed by atoms with Crippen LogP contribution >= 0.6 is 0 Å². The van der Waals surface area contributed by atoms with Crippen molar-refractivity contribution < 1.29 is 9.47 Å². The summed E-state index contributed by atoms with van der Waals surface area (Å²) >= 11 is 0. The summed E-state index contributed by atoms with van der Waals surface area (Å²) in [5.74, 6) is 2.10. The van der Waals surface area contributed by atoms with Gasteiger partial charge in [0.2, 0.25) is 0 Å². The molecular weight excluding hydrogens is 697 g/mol. The first-order valence-corrected chi connectivity index (χ1v) is 22.0. The van der Waals surface area contributed by atoms with Crippen molar-refractivity contribution >= 4 is 51.9 Å². The predicted molar refractivity (Wildman–Crippen MR) is 239 cm³/mol. The third-order valence-corrected chi connectivity index (χ3v) is 16.2. The lowest BCUT2D eigenvalue weighted by Gasteiger charge is -2.30. The van der Waals surface area contributed by atoms with Crippen molar-refractivity contribution in [3.63, 3.8) is 0 Å². The third kappa shape index (κ3) is 5.44. The Balaban J connectivity index is 1.06. The van der Waals surface area contributed by atoms with E-state index in [1.165, 1.54) is 87.7 Å². The molecule has 3 heteroatoms. The monoisotopic (exact) mass is 741 g/mol. The lowest BCUT2D eigenvalue weighted by atomic mass is 9.84. The van der Waals surface area contributed by atoms with Gasteiger partial charge in [0.25, 0.3) is 0 Å². The molecule has 56 heavy (non-hydrogen) atoms. The van der Waals surface area contributed by atoms with Gasteiger partial charge in [0.05, 0.1) is 23.0 Å². The molecule has 6 aromatic carbocycles. The maximum atomic E-state index is 5.64. The highest BCUT2D eigenvalue weighted by Gasteiger charge is 2.41. The number of hydrogen-bond acceptors (Lipinski definition) is 2. The molecule has 273 valence electrons. The van der Waals surface area contributed by atoms with Crippen molar-refractivity contribution in [3.05, 3.63) is 202 Å². The standard InChI is InChI=1S/C53H45O2Si/c1-32-26-48-42(50-28-34-22-24-36(54-3)30-46(34)38-14-6-8-16-40(38)50)18-10-12-20-44(48)52(32)56(5)53-33(2)27-49-43(19-11-13-21-45(49)53)51-29-35-23-25-37(55-4)31-47(35)39-15-7-9-17-41(39)51/h6-31,42-43,52-53H,1-5H3. The molecule has 0 aromatic heterocycles. The van der Waals surface area contributed by atoms with E-state index in [2.05, 4.69) is 178 Å². The molecule has 0 bridgehead atoms. The highest BCUT2D eigenvalue weighted by atomic mass is 28.3. The summed E-state index contributed by atoms with van der Waals surface area (Å²) in [6.07, 6.45) is 23.9. The molecule has 4 aliphatic rings. The number of fused-ring (bicyclic) bond motifs is 6. The van der Waals surface area contributed by atoms with E-state index in [0.717, 1.165) is 11.5 Å². The highest BCUT2D eigenvalue weighted by molar-refractivity contribution is 6.64. The number of methoxy groups -OCH3 is 2. The molecule has 1 radical (unpaired) electrons. The average Bonchev–Trinajstić information content (AvgIpc) is 3.55. The maximum absolute atomic E-state index is 5.64. The van der Waals surface area contributed by atoms with Gasteiger partial charge < -0.3 is 9.47 Å². The molecule has 0 N–H and O–H groups in total. The van der Waals surface area contributed by atoms with Gasteiger partial charge >= 0.3 is 0 Å². The first kappa shape index (κ1) is 34.6. The van der Waals surface area contributed by atoms with Gasteiger partial charge in [-0.3, -0.25) is 0 Å². The van der Waals surface area contributed by atoms with E-state index < -0.39 is 8.80 Å². The topological polar surface area (TPSA) is 18.5 Å². The van der Waals surface area contributed by atoms with E-state index in [4.69, 9.17) is 9.47 Å². The Bertz CT molecular complexity index is 2690. The second-order valence-electron chi connectivity index (χ2n) is 15.8. The van der Waals surface area contributed by atoms with Crippen LogP contribution in [0.3, 0.4) is 0 Å². The molecule has 4 aliphatic carbocycles. The van der Waals surface area contributed by atoms with Gasteiger partial charge in [0.15, 0.2) is 0 Å². The lowest BCUT2D eigenvalue weighted by molar-refractivity contribution is 0.415. The van der Waals surface area contributed by atoms with Crippen LogP contribution in [0.5, 0.6) is 11.5 Å². The van der Waals surface area contributed by atoms with E-state index in [9.17, 15) is 0 Å². The van der Waals surface area contributed by atoms with Crippen molar-refractivity contribution in [2.75, 3.05) is 14.2 Å². The maximum Gasteiger partial charge on any atom is 0.119 e. The zero-order chi connectivity index (χ0) is 38.1. The van der Waals surface area contributed by atoms with E-state index in [1.54, 1.807) is 14.2 Å². The first-order chi connectivity index (χ1) is 27.4. The normalized spacial score (nSPS) is 21.6. The molecular formula is C53H45O2Si. The fraction of sp³-hybridized carbons (Fsp3) is 0.170. The third-order valence-electron chi connectivity index (χ3n) is 12.8. The molecule has 4 atom stereocenters. The fourth-order valence-electron chi connectivity index (χ4n) is 10.4. The van der Waals surface area contributed by atoms with Gasteiger partial charge in [-0.05, 0) is 138 Å². The Morgan fingerprint density at radius 1 is 0.464 bits per heavy atom. The van der Waals surface area contributed by atoms with Crippen molar-refractivity contribution in [1.29, 1.82) is 0 Å². The van der Waals surface area contributed by atoms with Crippen molar-refractivity contribution in [2.45, 2.75) is 43.3 Å². The minimum atomic E-state index is -1.03. The van der Waals surface area contributed by atoms with Gasteiger partial charge in [-0.2, -0.15) is 0 Å². The number of allylic oxidation sites excluding steroid dienone is 16. The van der Waals surface area contributed by atoms with Crippen LogP contribution in [0.25, 0.3) is 43.1 Å². The van der Waals surface area contributed by atoms with E-state index in [1.807, 2.05) is 0 Å². The smallest absolute Gasteiger partial charge is 0.119 e. The van der Waals surface area contributed by atoms with E-state index >= 15 is 0 Å². The molecule has 0 amide bonds. The lowest BCUT2D eigenvalue weighted by Crippen LogP contribution is -2.25. The minimum absolute atomic E-state index is 0.161. The first-order valence-electron chi connectivity index (χ1n) is 19.8. The summed E-state index contributed by atoms with van der Waals surface area (Å²) < 4.78 is 11.3. The van der Waals surface area contributed by atoms with E-state index in [0.29, 0.717) is 11.1 Å². The molecule has 4 unspecified atom stereocenters. The molecule has 2 nitrogen and oxygen atoms in total. The zero-order valence-corrected chi connectivity index (χ0v) is 33.6. The van der Waals surface area contributed by atoms with Crippen LogP contribution in [-0.2, 0) is 0 Å². The Kier molecular flexibility index (Phi) is 8.45. The van der Waals surface area contributed by atoms with Crippen molar-refractivity contribution in [2.24, 2.45) is 0 Å². The minimum Gasteiger partial charge on any atom is -0.497 e. The SMILES string of the molecule is COc1ccc2cc(C3C=CC=CC4=C3C=C(C)C4[Si](C)C3C(C)=CC4=C3C=CC=CC4c3cc4ccc(OC)cc4c4ccccc34)c3ccccc3c2c1. The molecule has 0 aliphatic heterocycles. The summed E-state index contributed by atoms with van der Waals surface area (Å²) in [7, 11) is 2.46. The van der Waals surface area contributed by atoms with Crippen molar-refractivity contribution in [1.82, 2.24) is 0 Å². The molecule has 0 saturated heterocycles. The van der Waals surface area contributed by atoms with Crippen LogP contribution in [0.15, 0.2) is 191 Å². The molecule has 0 saturated carbocycles. The predicted octanol–water partition coefficient (Wildman–Crippen LogP) is 13.8. The van der Waals surface area contributed by atoms with Crippen molar-refractivity contribution in [3.8, 4) is 11.5 Å². The number of rotatable bonds is 6. The Labute approximate surface area is 331 Å². The van der Waals surface area contributed by atoms with Gasteiger partial charge in [0.1, 0.15) is 11.5 Å². The number of hydrogen-bond donors (Lipinski definition) is 0. The Hall–Kier alpha value is -5.90. The van der Waals surface area contributed by atoms with Crippen LogP contribution < -0.4 is 9.47 Å². The summed E-state index contributed by atoms with van der Waals surface area (Å²) in [5.41, 5.74) is 12.4. The second kappa shape index (κ2) is 13.7. The summed E-state index contributed by atoms with van der Waals surface area (Å²) in [4.78, 5) is 0. The van der Waals surface area contributed by atoms with Gasteiger partial charge in [-0.15, -0.1) is 0 Å². The van der Waals surface area contributed by atoms with Gasteiger partial charge in [-0.25, -0.2) is 0 Å². The average molecular weight is 742 g/mol. The van der Waals surface area contributed by atoms with Gasteiger partial charge in [0, 0.05) is 11.8 Å². The van der Waals surface area contributed by atoms with Crippen LogP contribution in [0.4, 0.5) is 0 Å². The van der Waals surface area contributed by atoms with Crippen LogP contribution in [0, 0.1) is 0 Å². The highest BCUT2D eigenvalue weighted by Crippen LogP contribution is 2.55. The zero-order valence-electron chi connectivity index (χ0n) is 32.6. The summed E-state index contributed by atoms with van der Waals surface area (Å²) in [5, 5.41) is 10.1. The second-order valence-corrected chi connectivity index (χ2v) is 18.5. The van der Waals surface area contributed by atoms with Crippen LogP contribution in [0.1, 0.15) is 36.8 Å². The van der Waals surface area contributed by atoms with E-state index in [-0.39, 0.29) is 11.8 Å². The molecule has 0 fully saturated rings. The largest absolute Gasteiger partial charge is 0.497 e. The Morgan fingerprint density at radius 3 is 1.32 bits per heavy atom. The summed E-state index contributed by atoms with van der Waals surface area (Å²) in [6.45, 7) is 7.37. The van der Waals surface area contributed by atoms with Crippen LogP contribution in [0.2, 0.25) is 17.6 Å². The molecule has 0 heterocycles. The van der Waals surface area contributed by atoms with Crippen LogP contribution in [-0.4, -0.2) is 23.0 Å². The Morgan fingerprint density at radius 2 is 0.893 bits per heavy atom. The quantitative estimate of drug-likeness (QED) is 0.125. The molecule has 10 rings (SSSR count). The number of ether oxygens (including phenoxy) is 2. The summed E-state index contributed by atoms with van der Waals surface area (Å²) in [6, 6.07) is 35.6. The molecule has 0 spiro atoms. The molecule has 6 aromatic rings. The van der Waals surface area contributed by atoms with Gasteiger partial charge in [-0.1, -0.05) is 139 Å².